The zero-order chi connectivity index (χ0) is 30.2. The molecule has 0 spiro atoms. The van der Waals surface area contributed by atoms with Crippen molar-refractivity contribution in [2.24, 2.45) is 0 Å². The highest BCUT2D eigenvalue weighted by Crippen LogP contribution is 2.28. The van der Waals surface area contributed by atoms with E-state index in [4.69, 9.17) is 27.9 Å². The number of anilines is 1. The molecular weight excluding hydrogens is 585 g/mol. The topological polar surface area (TPSA) is 96.0 Å². The van der Waals surface area contributed by atoms with Crippen LogP contribution in [0, 0.1) is 0 Å². The second-order valence-corrected chi connectivity index (χ2v) is 12.2. The minimum absolute atomic E-state index is 0.00566. The number of benzene rings is 3. The molecule has 0 unspecified atom stereocenters. The van der Waals surface area contributed by atoms with Crippen LogP contribution >= 0.6 is 23.2 Å². The molecule has 0 bridgehead atoms. The lowest BCUT2D eigenvalue weighted by atomic mass is 10.1. The predicted molar refractivity (Wildman–Crippen MR) is 163 cm³/mol. The molecule has 11 heteroatoms. The first-order chi connectivity index (χ1) is 19.5. The van der Waals surface area contributed by atoms with Crippen molar-refractivity contribution in [1.82, 2.24) is 10.2 Å². The monoisotopic (exact) mass is 619 g/mol. The van der Waals surface area contributed by atoms with E-state index < -0.39 is 28.5 Å². The number of amides is 2. The first kappa shape index (κ1) is 32.2. The van der Waals surface area contributed by atoms with Gasteiger partial charge in [0, 0.05) is 22.6 Å². The first-order valence-corrected chi connectivity index (χ1v) is 15.5. The van der Waals surface area contributed by atoms with Crippen LogP contribution < -0.4 is 14.4 Å². The van der Waals surface area contributed by atoms with E-state index in [9.17, 15) is 18.0 Å². The van der Waals surface area contributed by atoms with Gasteiger partial charge >= 0.3 is 0 Å². The average molecular weight is 621 g/mol. The number of halogens is 2. The minimum Gasteiger partial charge on any atom is -0.494 e. The van der Waals surface area contributed by atoms with Gasteiger partial charge in [0.15, 0.2) is 0 Å². The van der Waals surface area contributed by atoms with Crippen LogP contribution in [0.4, 0.5) is 5.69 Å². The summed E-state index contributed by atoms with van der Waals surface area (Å²) in [6.07, 6.45) is 0.710. The summed E-state index contributed by atoms with van der Waals surface area (Å²) in [6.45, 7) is 7.15. The van der Waals surface area contributed by atoms with Crippen molar-refractivity contribution < 1.29 is 22.7 Å². The molecule has 0 aliphatic rings. The molecule has 0 saturated heterocycles. The maximum Gasteiger partial charge on any atom is 0.264 e. The van der Waals surface area contributed by atoms with Gasteiger partial charge in [0.1, 0.15) is 18.3 Å². The average Bonchev–Trinajstić information content (AvgIpc) is 2.95. The third-order valence-corrected chi connectivity index (χ3v) is 8.99. The van der Waals surface area contributed by atoms with Gasteiger partial charge in [0.25, 0.3) is 10.0 Å². The molecule has 1 N–H and O–H groups in total. The number of hydrogen-bond acceptors (Lipinski definition) is 5. The van der Waals surface area contributed by atoms with Crippen molar-refractivity contribution in [3.63, 3.8) is 0 Å². The Labute approximate surface area is 252 Å². The molecule has 8 nitrogen and oxygen atoms in total. The Bertz CT molecular complexity index is 1430. The van der Waals surface area contributed by atoms with Crippen LogP contribution in [0.2, 0.25) is 10.0 Å². The molecule has 3 aromatic rings. The molecule has 2 atom stereocenters. The Morgan fingerprint density at radius 3 is 2.15 bits per heavy atom. The van der Waals surface area contributed by atoms with E-state index in [2.05, 4.69) is 5.32 Å². The van der Waals surface area contributed by atoms with Crippen molar-refractivity contribution >= 4 is 50.7 Å². The Morgan fingerprint density at radius 2 is 1.56 bits per heavy atom. The largest absolute Gasteiger partial charge is 0.494 e. The van der Waals surface area contributed by atoms with E-state index in [0.29, 0.717) is 34.4 Å². The second kappa shape index (κ2) is 14.6. The Kier molecular flexibility index (Phi) is 11.5. The van der Waals surface area contributed by atoms with E-state index >= 15 is 0 Å². The Hall–Kier alpha value is -3.27. The van der Waals surface area contributed by atoms with Gasteiger partial charge in [-0.25, -0.2) is 8.42 Å². The van der Waals surface area contributed by atoms with E-state index in [1.807, 2.05) is 20.8 Å². The molecule has 41 heavy (non-hydrogen) atoms. The van der Waals surface area contributed by atoms with Crippen LogP contribution in [0.15, 0.2) is 77.7 Å². The van der Waals surface area contributed by atoms with Gasteiger partial charge in [-0.05, 0) is 87.4 Å². The smallest absolute Gasteiger partial charge is 0.264 e. The molecule has 0 aromatic heterocycles. The number of hydrogen-bond donors (Lipinski definition) is 1. The van der Waals surface area contributed by atoms with Crippen LogP contribution in [-0.4, -0.2) is 50.4 Å². The highest BCUT2D eigenvalue weighted by molar-refractivity contribution is 7.92. The van der Waals surface area contributed by atoms with Gasteiger partial charge < -0.3 is 15.0 Å². The van der Waals surface area contributed by atoms with Gasteiger partial charge in [0.05, 0.1) is 17.2 Å². The second-order valence-electron chi connectivity index (χ2n) is 9.50. The molecule has 0 aliphatic heterocycles. The standard InChI is InChI=1S/C30H35Cl2N3O5S/c1-5-21(3)33-30(37)22(4)34(19-23-9-7-8-10-28(23)32)29(36)20-35(25-13-15-26(16-14-25)40-6-2)41(38,39)27-17-11-24(31)12-18-27/h7-18,21-22H,5-6,19-20H2,1-4H3,(H,33,37)/t21-,22-/m1/s1. The molecule has 0 radical (unpaired) electrons. The third-order valence-electron chi connectivity index (χ3n) is 6.58. The number of nitrogens with zero attached hydrogens (tertiary/aromatic N) is 2. The molecule has 0 fully saturated rings. The van der Waals surface area contributed by atoms with Crippen LogP contribution in [-0.2, 0) is 26.2 Å². The van der Waals surface area contributed by atoms with Gasteiger partial charge in [-0.2, -0.15) is 0 Å². The SMILES string of the molecule is CCOc1ccc(N(CC(=O)N(Cc2ccccc2Cl)[C@H](C)C(=O)N[C@H](C)CC)S(=O)(=O)c2ccc(Cl)cc2)cc1. The van der Waals surface area contributed by atoms with E-state index in [-0.39, 0.29) is 29.1 Å². The van der Waals surface area contributed by atoms with Crippen LogP contribution in [0.1, 0.15) is 39.7 Å². The van der Waals surface area contributed by atoms with Crippen molar-refractivity contribution in [1.29, 1.82) is 0 Å². The summed E-state index contributed by atoms with van der Waals surface area (Å²) in [5, 5.41) is 3.71. The maximum atomic E-state index is 14.0. The van der Waals surface area contributed by atoms with E-state index in [1.165, 1.54) is 29.2 Å². The lowest BCUT2D eigenvalue weighted by Gasteiger charge is -2.32. The minimum atomic E-state index is -4.21. The number of ether oxygens (including phenoxy) is 1. The summed E-state index contributed by atoms with van der Waals surface area (Å²) < 4.78 is 34.3. The van der Waals surface area contributed by atoms with Gasteiger partial charge in [-0.1, -0.05) is 48.3 Å². The fraction of sp³-hybridized carbons (Fsp3) is 0.333. The van der Waals surface area contributed by atoms with E-state index in [0.717, 1.165) is 4.31 Å². The number of rotatable bonds is 13. The predicted octanol–water partition coefficient (Wildman–Crippen LogP) is 5.92. The summed E-state index contributed by atoms with van der Waals surface area (Å²) in [7, 11) is -4.21. The fourth-order valence-electron chi connectivity index (χ4n) is 4.00. The quantitative estimate of drug-likeness (QED) is 0.256. The Morgan fingerprint density at radius 1 is 0.927 bits per heavy atom. The highest BCUT2D eigenvalue weighted by Gasteiger charge is 2.33. The fourth-order valence-corrected chi connectivity index (χ4v) is 5.73. The Balaban J connectivity index is 2.04. The maximum absolute atomic E-state index is 14.0. The molecule has 2 amide bonds. The normalized spacial score (nSPS) is 12.7. The molecule has 0 heterocycles. The van der Waals surface area contributed by atoms with Gasteiger partial charge in [-0.15, -0.1) is 0 Å². The van der Waals surface area contributed by atoms with Crippen molar-refractivity contribution in [2.45, 2.75) is 57.6 Å². The molecule has 3 aromatic carbocycles. The lowest BCUT2D eigenvalue weighted by molar-refractivity contribution is -0.139. The number of carbonyl (C=O) groups excluding carboxylic acids is 2. The zero-order valence-corrected chi connectivity index (χ0v) is 25.8. The third kappa shape index (κ3) is 8.38. The summed E-state index contributed by atoms with van der Waals surface area (Å²) in [6, 6.07) is 18.1. The van der Waals surface area contributed by atoms with Crippen LogP contribution in [0.5, 0.6) is 5.75 Å². The number of carbonyl (C=O) groups is 2. The molecular formula is C30H35Cl2N3O5S. The summed E-state index contributed by atoms with van der Waals surface area (Å²) in [5.74, 6) is -0.377. The molecule has 3 rings (SSSR count). The van der Waals surface area contributed by atoms with Crippen LogP contribution in [0.25, 0.3) is 0 Å². The number of nitrogens with one attached hydrogen (secondary N) is 1. The van der Waals surface area contributed by atoms with E-state index in [1.54, 1.807) is 55.5 Å². The summed E-state index contributed by atoms with van der Waals surface area (Å²) in [4.78, 5) is 28.4. The zero-order valence-electron chi connectivity index (χ0n) is 23.5. The first-order valence-electron chi connectivity index (χ1n) is 13.3. The lowest BCUT2D eigenvalue weighted by Crippen LogP contribution is -2.52. The summed E-state index contributed by atoms with van der Waals surface area (Å²) in [5.41, 5.74) is 0.880. The van der Waals surface area contributed by atoms with Crippen molar-refractivity contribution in [3.05, 3.63) is 88.4 Å². The molecule has 0 saturated carbocycles. The highest BCUT2D eigenvalue weighted by atomic mass is 35.5. The van der Waals surface area contributed by atoms with Gasteiger partial charge in [-0.3, -0.25) is 13.9 Å². The van der Waals surface area contributed by atoms with Crippen molar-refractivity contribution in [3.8, 4) is 5.75 Å². The molecule has 0 aliphatic carbocycles. The van der Waals surface area contributed by atoms with Crippen LogP contribution in [0.3, 0.4) is 0 Å². The molecule has 220 valence electrons. The summed E-state index contributed by atoms with van der Waals surface area (Å²) >= 11 is 12.4. The van der Waals surface area contributed by atoms with Crippen molar-refractivity contribution in [2.75, 3.05) is 17.5 Å². The number of sulfonamides is 1. The van der Waals surface area contributed by atoms with Gasteiger partial charge in [0.2, 0.25) is 11.8 Å².